The van der Waals surface area contributed by atoms with Gasteiger partial charge in [0.2, 0.25) is 5.91 Å². The van der Waals surface area contributed by atoms with Gasteiger partial charge in [0.05, 0.1) is 0 Å². The molecule has 1 amide bonds. The smallest absolute Gasteiger partial charge is 0.223 e. The van der Waals surface area contributed by atoms with Crippen molar-refractivity contribution < 1.29 is 9.59 Å². The van der Waals surface area contributed by atoms with Crippen molar-refractivity contribution >= 4 is 17.9 Å². The molecular formula is C17H25N3O2. The minimum absolute atomic E-state index is 0.120. The van der Waals surface area contributed by atoms with Crippen molar-refractivity contribution in [3.05, 3.63) is 29.3 Å². The maximum absolute atomic E-state index is 12.0. The highest BCUT2D eigenvalue weighted by Gasteiger charge is 2.25. The summed E-state index contributed by atoms with van der Waals surface area (Å²) >= 11 is 0. The van der Waals surface area contributed by atoms with Crippen LogP contribution in [0.4, 0.5) is 5.69 Å². The summed E-state index contributed by atoms with van der Waals surface area (Å²) in [4.78, 5) is 25.4. The normalized spacial score (nSPS) is 16.4. The lowest BCUT2D eigenvalue weighted by atomic mass is 9.95. The first kappa shape index (κ1) is 16.5. The van der Waals surface area contributed by atoms with Crippen LogP contribution in [-0.2, 0) is 11.3 Å². The van der Waals surface area contributed by atoms with Gasteiger partial charge >= 0.3 is 0 Å². The Morgan fingerprint density at radius 2 is 2.14 bits per heavy atom. The highest BCUT2D eigenvalue weighted by molar-refractivity contribution is 5.85. The van der Waals surface area contributed by atoms with Crippen molar-refractivity contribution in [1.29, 1.82) is 0 Å². The van der Waals surface area contributed by atoms with Crippen LogP contribution in [0.1, 0.15) is 42.1 Å². The molecule has 0 unspecified atom stereocenters. The van der Waals surface area contributed by atoms with E-state index in [4.69, 9.17) is 5.73 Å². The van der Waals surface area contributed by atoms with E-state index in [1.807, 2.05) is 12.1 Å². The topological polar surface area (TPSA) is 75.4 Å². The molecule has 0 spiro atoms. The number of nitrogens with zero attached hydrogens (tertiary/aromatic N) is 1. The van der Waals surface area contributed by atoms with Gasteiger partial charge < -0.3 is 11.1 Å². The van der Waals surface area contributed by atoms with E-state index in [0.29, 0.717) is 17.8 Å². The molecule has 1 aliphatic rings. The zero-order chi connectivity index (χ0) is 15.9. The number of likely N-dealkylation sites (tertiary alicyclic amines) is 1. The molecule has 1 aromatic carbocycles. The van der Waals surface area contributed by atoms with Gasteiger partial charge in [-0.2, -0.15) is 0 Å². The van der Waals surface area contributed by atoms with Gasteiger partial charge in [-0.15, -0.1) is 0 Å². The number of carbonyl (C=O) groups is 2. The summed E-state index contributed by atoms with van der Waals surface area (Å²) in [6.45, 7) is 5.27. The number of nitrogens with two attached hydrogens (primary N) is 1. The minimum Gasteiger partial charge on any atom is -0.398 e. The first-order chi connectivity index (χ1) is 10.7. The number of nitrogen functional groups attached to an aromatic ring is 1. The van der Waals surface area contributed by atoms with E-state index in [1.165, 1.54) is 0 Å². The maximum Gasteiger partial charge on any atom is 0.223 e. The Bertz CT molecular complexity index is 523. The van der Waals surface area contributed by atoms with Crippen LogP contribution in [0, 0.1) is 5.92 Å². The third kappa shape index (κ3) is 4.07. The molecule has 2 rings (SSSR count). The molecule has 1 fully saturated rings. The van der Waals surface area contributed by atoms with Crippen LogP contribution in [0.25, 0.3) is 0 Å². The summed E-state index contributed by atoms with van der Waals surface area (Å²) in [5.74, 6) is 0.299. The molecule has 3 N–H and O–H groups in total. The number of nitrogens with one attached hydrogen (secondary N) is 1. The number of amides is 1. The fourth-order valence-electron chi connectivity index (χ4n) is 2.90. The average Bonchev–Trinajstić information content (AvgIpc) is 2.53. The number of carbonyl (C=O) groups excluding carboxylic acids is 2. The van der Waals surface area contributed by atoms with E-state index in [2.05, 4.69) is 17.1 Å². The maximum atomic E-state index is 12.0. The Morgan fingerprint density at radius 3 is 2.77 bits per heavy atom. The van der Waals surface area contributed by atoms with Crippen LogP contribution in [0.3, 0.4) is 0 Å². The van der Waals surface area contributed by atoms with E-state index in [-0.39, 0.29) is 11.8 Å². The summed E-state index contributed by atoms with van der Waals surface area (Å²) in [6, 6.07) is 5.57. The van der Waals surface area contributed by atoms with Gasteiger partial charge in [0.25, 0.3) is 0 Å². The molecule has 120 valence electrons. The van der Waals surface area contributed by atoms with E-state index >= 15 is 0 Å². The van der Waals surface area contributed by atoms with Crippen LogP contribution < -0.4 is 11.1 Å². The van der Waals surface area contributed by atoms with Gasteiger partial charge in [0.15, 0.2) is 6.29 Å². The molecule has 1 aliphatic heterocycles. The number of hydrogen-bond acceptors (Lipinski definition) is 4. The monoisotopic (exact) mass is 303 g/mol. The Labute approximate surface area is 131 Å². The molecular weight excluding hydrogens is 278 g/mol. The highest BCUT2D eigenvalue weighted by atomic mass is 16.1. The Kier molecular flexibility index (Phi) is 5.95. The third-order valence-corrected chi connectivity index (χ3v) is 4.25. The summed E-state index contributed by atoms with van der Waals surface area (Å²) in [6.07, 6.45) is 3.53. The van der Waals surface area contributed by atoms with Gasteiger partial charge in [0.1, 0.15) is 0 Å². The molecule has 1 aromatic rings. The molecule has 22 heavy (non-hydrogen) atoms. The van der Waals surface area contributed by atoms with Gasteiger partial charge in [-0.3, -0.25) is 14.5 Å². The molecule has 5 heteroatoms. The second-order valence-electron chi connectivity index (χ2n) is 5.88. The van der Waals surface area contributed by atoms with Crippen molar-refractivity contribution in [3.8, 4) is 0 Å². The van der Waals surface area contributed by atoms with Crippen molar-refractivity contribution in [2.75, 3.05) is 25.4 Å². The van der Waals surface area contributed by atoms with Gasteiger partial charge in [0, 0.05) is 30.3 Å². The summed E-state index contributed by atoms with van der Waals surface area (Å²) in [5, 5.41) is 2.97. The SMILES string of the molecule is CCCNC(=O)C1CCN(Cc2cccc(N)c2C=O)CC1. The van der Waals surface area contributed by atoms with E-state index in [9.17, 15) is 9.59 Å². The number of anilines is 1. The number of rotatable bonds is 6. The Balaban J connectivity index is 1.89. The summed E-state index contributed by atoms with van der Waals surface area (Å²) in [5.41, 5.74) is 7.92. The highest BCUT2D eigenvalue weighted by Crippen LogP contribution is 2.22. The molecule has 0 bridgehead atoms. The zero-order valence-corrected chi connectivity index (χ0v) is 13.2. The zero-order valence-electron chi connectivity index (χ0n) is 13.2. The van der Waals surface area contributed by atoms with E-state index < -0.39 is 0 Å². The van der Waals surface area contributed by atoms with Gasteiger partial charge in [-0.25, -0.2) is 0 Å². The van der Waals surface area contributed by atoms with Gasteiger partial charge in [-0.1, -0.05) is 19.1 Å². The van der Waals surface area contributed by atoms with Crippen molar-refractivity contribution in [1.82, 2.24) is 10.2 Å². The van der Waals surface area contributed by atoms with Crippen LogP contribution in [0.5, 0.6) is 0 Å². The third-order valence-electron chi connectivity index (χ3n) is 4.25. The summed E-state index contributed by atoms with van der Waals surface area (Å²) < 4.78 is 0. The predicted molar refractivity (Wildman–Crippen MR) is 87.5 cm³/mol. The molecule has 0 aromatic heterocycles. The lowest BCUT2D eigenvalue weighted by Crippen LogP contribution is -2.40. The molecule has 1 heterocycles. The second kappa shape index (κ2) is 7.94. The number of aldehydes is 1. The lowest BCUT2D eigenvalue weighted by molar-refractivity contribution is -0.126. The molecule has 1 saturated heterocycles. The average molecular weight is 303 g/mol. The van der Waals surface area contributed by atoms with E-state index in [1.54, 1.807) is 6.07 Å². The first-order valence-corrected chi connectivity index (χ1v) is 7.98. The minimum atomic E-state index is 0.120. The lowest BCUT2D eigenvalue weighted by Gasteiger charge is -2.31. The van der Waals surface area contributed by atoms with Crippen LogP contribution in [-0.4, -0.2) is 36.7 Å². The quantitative estimate of drug-likeness (QED) is 0.621. The first-order valence-electron chi connectivity index (χ1n) is 7.98. The van der Waals surface area contributed by atoms with Crippen molar-refractivity contribution in [3.63, 3.8) is 0 Å². The standard InChI is InChI=1S/C17H25N3O2/c1-2-8-19-17(22)13-6-9-20(10-7-13)11-14-4-3-5-16(18)15(14)12-21/h3-5,12-13H,2,6-11,18H2,1H3,(H,19,22). The summed E-state index contributed by atoms with van der Waals surface area (Å²) in [7, 11) is 0. The van der Waals surface area contributed by atoms with Crippen LogP contribution >= 0.6 is 0 Å². The van der Waals surface area contributed by atoms with Crippen LogP contribution in [0.15, 0.2) is 18.2 Å². The number of piperidine rings is 1. The number of benzene rings is 1. The van der Waals surface area contributed by atoms with Crippen LogP contribution in [0.2, 0.25) is 0 Å². The Hall–Kier alpha value is -1.88. The largest absolute Gasteiger partial charge is 0.398 e. The fraction of sp³-hybridized carbons (Fsp3) is 0.529. The fourth-order valence-corrected chi connectivity index (χ4v) is 2.90. The molecule has 5 nitrogen and oxygen atoms in total. The second-order valence-corrected chi connectivity index (χ2v) is 5.88. The molecule has 0 atom stereocenters. The van der Waals surface area contributed by atoms with Gasteiger partial charge in [-0.05, 0) is 44.0 Å². The molecule has 0 aliphatic carbocycles. The predicted octanol–water partition coefficient (Wildman–Crippen LogP) is 1.82. The van der Waals surface area contributed by atoms with Crippen molar-refractivity contribution in [2.45, 2.75) is 32.7 Å². The molecule has 0 saturated carbocycles. The Morgan fingerprint density at radius 1 is 1.41 bits per heavy atom. The number of hydrogen-bond donors (Lipinski definition) is 2. The van der Waals surface area contributed by atoms with Crippen molar-refractivity contribution in [2.24, 2.45) is 5.92 Å². The molecule has 0 radical (unpaired) electrons. The van der Waals surface area contributed by atoms with E-state index in [0.717, 1.165) is 50.7 Å².